The predicted octanol–water partition coefficient (Wildman–Crippen LogP) is 0.888. The molecule has 1 aromatic rings. The van der Waals surface area contributed by atoms with Gasteiger partial charge in [0.2, 0.25) is 5.95 Å². The van der Waals surface area contributed by atoms with Crippen molar-refractivity contribution in [2.75, 3.05) is 77.1 Å². The summed E-state index contributed by atoms with van der Waals surface area (Å²) in [5.41, 5.74) is 0.587. The van der Waals surface area contributed by atoms with Crippen LogP contribution in [0, 0.1) is 5.92 Å². The van der Waals surface area contributed by atoms with Gasteiger partial charge < -0.3 is 19.3 Å². The largest absolute Gasteiger partial charge is 0.379 e. The number of nitrogens with zero attached hydrogens (tertiary/aromatic N) is 5. The van der Waals surface area contributed by atoms with E-state index in [2.05, 4.69) is 19.8 Å². The number of carbonyl (C=O) groups excluding carboxylic acids is 1. The van der Waals surface area contributed by atoms with E-state index in [9.17, 15) is 4.79 Å². The molecule has 3 fully saturated rings. The van der Waals surface area contributed by atoms with Crippen LogP contribution in [0.5, 0.6) is 0 Å². The average Bonchev–Trinajstić information content (AvgIpc) is 2.79. The molecular formula is C20H31N5O3. The molecule has 4 rings (SSSR count). The molecule has 0 aliphatic carbocycles. The molecule has 0 N–H and O–H groups in total. The highest BCUT2D eigenvalue weighted by Gasteiger charge is 2.25. The third-order valence-corrected chi connectivity index (χ3v) is 6.04. The first-order valence-electron chi connectivity index (χ1n) is 10.5. The van der Waals surface area contributed by atoms with Crippen molar-refractivity contribution in [1.29, 1.82) is 0 Å². The summed E-state index contributed by atoms with van der Waals surface area (Å²) in [6.07, 6.45) is 6.74. The summed E-state index contributed by atoms with van der Waals surface area (Å²) in [5.74, 6) is 1.45. The Morgan fingerprint density at radius 1 is 0.929 bits per heavy atom. The highest BCUT2D eigenvalue weighted by atomic mass is 16.5. The van der Waals surface area contributed by atoms with Gasteiger partial charge in [0.05, 0.1) is 32.0 Å². The summed E-state index contributed by atoms with van der Waals surface area (Å²) in [6.45, 7) is 9.63. The first-order chi connectivity index (χ1) is 13.8. The number of likely N-dealkylation sites (tertiary alicyclic amines) is 1. The van der Waals surface area contributed by atoms with Crippen molar-refractivity contribution in [1.82, 2.24) is 19.8 Å². The average molecular weight is 390 g/mol. The van der Waals surface area contributed by atoms with Crippen LogP contribution < -0.4 is 4.90 Å². The number of ether oxygens (including phenoxy) is 2. The van der Waals surface area contributed by atoms with Crippen molar-refractivity contribution < 1.29 is 14.3 Å². The van der Waals surface area contributed by atoms with E-state index in [0.717, 1.165) is 71.9 Å². The first kappa shape index (κ1) is 19.5. The van der Waals surface area contributed by atoms with Gasteiger partial charge in [0.1, 0.15) is 0 Å². The van der Waals surface area contributed by atoms with E-state index in [4.69, 9.17) is 9.47 Å². The zero-order chi connectivity index (χ0) is 19.2. The first-order valence-corrected chi connectivity index (χ1v) is 10.5. The quantitative estimate of drug-likeness (QED) is 0.741. The van der Waals surface area contributed by atoms with Crippen molar-refractivity contribution >= 4 is 11.9 Å². The lowest BCUT2D eigenvalue weighted by atomic mass is 9.93. The Labute approximate surface area is 166 Å². The summed E-state index contributed by atoms with van der Waals surface area (Å²) >= 11 is 0. The van der Waals surface area contributed by atoms with E-state index in [1.165, 1.54) is 6.42 Å². The van der Waals surface area contributed by atoms with Gasteiger partial charge in [-0.2, -0.15) is 0 Å². The molecule has 8 heteroatoms. The molecule has 1 aromatic heterocycles. The number of piperidine rings is 1. The van der Waals surface area contributed by atoms with Gasteiger partial charge in [-0.05, 0) is 31.7 Å². The summed E-state index contributed by atoms with van der Waals surface area (Å²) in [4.78, 5) is 28.2. The number of hydrogen-bond acceptors (Lipinski definition) is 7. The minimum atomic E-state index is 0.0557. The van der Waals surface area contributed by atoms with Crippen molar-refractivity contribution in [2.24, 2.45) is 5.92 Å². The second-order valence-electron chi connectivity index (χ2n) is 7.85. The molecular weight excluding hydrogens is 358 g/mol. The fraction of sp³-hybridized carbons (Fsp3) is 0.750. The third kappa shape index (κ3) is 4.98. The topological polar surface area (TPSA) is 71.0 Å². The van der Waals surface area contributed by atoms with Crippen LogP contribution in [-0.2, 0) is 9.47 Å². The van der Waals surface area contributed by atoms with E-state index in [-0.39, 0.29) is 5.91 Å². The molecule has 1 amide bonds. The van der Waals surface area contributed by atoms with Gasteiger partial charge in [-0.1, -0.05) is 0 Å². The van der Waals surface area contributed by atoms with Gasteiger partial charge in [-0.15, -0.1) is 0 Å². The molecule has 3 aliphatic heterocycles. The monoisotopic (exact) mass is 389 g/mol. The number of hydrogen-bond donors (Lipinski definition) is 0. The Bertz CT molecular complexity index is 621. The molecule has 3 aliphatic rings. The Morgan fingerprint density at radius 3 is 2.18 bits per heavy atom. The van der Waals surface area contributed by atoms with E-state index in [0.29, 0.717) is 30.6 Å². The fourth-order valence-electron chi connectivity index (χ4n) is 4.16. The number of rotatable bonds is 5. The molecule has 0 aromatic carbocycles. The minimum Gasteiger partial charge on any atom is -0.379 e. The number of anilines is 1. The normalized spacial score (nSPS) is 22.4. The maximum Gasteiger partial charge on any atom is 0.256 e. The second-order valence-corrected chi connectivity index (χ2v) is 7.85. The van der Waals surface area contributed by atoms with Gasteiger partial charge in [0, 0.05) is 51.7 Å². The Balaban J connectivity index is 1.23. The van der Waals surface area contributed by atoms with Crippen LogP contribution in [0.25, 0.3) is 0 Å². The van der Waals surface area contributed by atoms with Crippen molar-refractivity contribution in [2.45, 2.75) is 19.3 Å². The highest BCUT2D eigenvalue weighted by Crippen LogP contribution is 2.22. The zero-order valence-corrected chi connectivity index (χ0v) is 16.6. The maximum atomic E-state index is 12.8. The van der Waals surface area contributed by atoms with E-state index in [1.807, 2.05) is 4.90 Å². The molecule has 0 radical (unpaired) electrons. The van der Waals surface area contributed by atoms with Gasteiger partial charge in [0.25, 0.3) is 5.91 Å². The fourth-order valence-corrected chi connectivity index (χ4v) is 4.16. The van der Waals surface area contributed by atoms with Crippen LogP contribution in [0.3, 0.4) is 0 Å². The summed E-state index contributed by atoms with van der Waals surface area (Å²) in [5, 5.41) is 0. The van der Waals surface area contributed by atoms with Crippen LogP contribution >= 0.6 is 0 Å². The molecule has 3 saturated heterocycles. The van der Waals surface area contributed by atoms with Crippen molar-refractivity contribution in [3.8, 4) is 0 Å². The van der Waals surface area contributed by atoms with Crippen LogP contribution in [0.2, 0.25) is 0 Å². The molecule has 8 nitrogen and oxygen atoms in total. The van der Waals surface area contributed by atoms with Gasteiger partial charge >= 0.3 is 0 Å². The van der Waals surface area contributed by atoms with E-state index < -0.39 is 0 Å². The number of aromatic nitrogens is 2. The Kier molecular flexibility index (Phi) is 6.72. The van der Waals surface area contributed by atoms with Gasteiger partial charge in [0.15, 0.2) is 0 Å². The second kappa shape index (κ2) is 9.62. The number of morpholine rings is 2. The van der Waals surface area contributed by atoms with Crippen molar-refractivity contribution in [3.63, 3.8) is 0 Å². The Morgan fingerprint density at radius 2 is 1.54 bits per heavy atom. The molecule has 28 heavy (non-hydrogen) atoms. The SMILES string of the molecule is O=C(c1cnc(N2CCOCC2)nc1)N1CCC(CCN2CCOCC2)CC1. The molecule has 0 bridgehead atoms. The van der Waals surface area contributed by atoms with E-state index in [1.54, 1.807) is 12.4 Å². The smallest absolute Gasteiger partial charge is 0.256 e. The standard InChI is InChI=1S/C20H31N5O3/c26-19(18-15-21-20(22-16-18)25-9-13-28-14-10-25)24-5-2-17(3-6-24)1-4-23-7-11-27-12-8-23/h15-17H,1-14H2. The minimum absolute atomic E-state index is 0.0557. The Hall–Kier alpha value is -1.77. The predicted molar refractivity (Wildman–Crippen MR) is 106 cm³/mol. The molecule has 0 unspecified atom stereocenters. The van der Waals surface area contributed by atoms with Gasteiger partial charge in [-0.25, -0.2) is 9.97 Å². The van der Waals surface area contributed by atoms with Crippen LogP contribution in [0.4, 0.5) is 5.95 Å². The van der Waals surface area contributed by atoms with E-state index >= 15 is 0 Å². The van der Waals surface area contributed by atoms with Crippen LogP contribution in [0.1, 0.15) is 29.6 Å². The number of carbonyl (C=O) groups is 1. The molecule has 0 atom stereocenters. The summed E-state index contributed by atoms with van der Waals surface area (Å²) < 4.78 is 10.8. The third-order valence-electron chi connectivity index (χ3n) is 6.04. The number of amides is 1. The summed E-state index contributed by atoms with van der Waals surface area (Å²) in [7, 11) is 0. The lowest BCUT2D eigenvalue weighted by molar-refractivity contribution is 0.0332. The van der Waals surface area contributed by atoms with Gasteiger partial charge in [-0.3, -0.25) is 9.69 Å². The van der Waals surface area contributed by atoms with Crippen LogP contribution in [-0.4, -0.2) is 97.9 Å². The molecule has 0 saturated carbocycles. The zero-order valence-electron chi connectivity index (χ0n) is 16.6. The summed E-state index contributed by atoms with van der Waals surface area (Å²) in [6, 6.07) is 0. The molecule has 4 heterocycles. The van der Waals surface area contributed by atoms with Crippen molar-refractivity contribution in [3.05, 3.63) is 18.0 Å². The lowest BCUT2D eigenvalue weighted by Crippen LogP contribution is -2.41. The lowest BCUT2D eigenvalue weighted by Gasteiger charge is -2.34. The van der Waals surface area contributed by atoms with Crippen LogP contribution in [0.15, 0.2) is 12.4 Å². The molecule has 0 spiro atoms. The highest BCUT2D eigenvalue weighted by molar-refractivity contribution is 5.93. The maximum absolute atomic E-state index is 12.8. The molecule has 154 valence electrons.